The van der Waals surface area contributed by atoms with Gasteiger partial charge in [0, 0.05) is 5.03 Å². The molecule has 66 valence electrons. The molecule has 0 atom stereocenters. The molecule has 0 nitrogen and oxygen atoms in total. The minimum Gasteiger partial charge on any atom is -0.170 e. The number of rotatable bonds is 2. The van der Waals surface area contributed by atoms with E-state index in [4.69, 9.17) is 11.6 Å². The molecule has 0 N–H and O–H groups in total. The van der Waals surface area contributed by atoms with Crippen molar-refractivity contribution < 1.29 is 13.2 Å². The summed E-state index contributed by atoms with van der Waals surface area (Å²) in [6.45, 7) is 3.14. The van der Waals surface area contributed by atoms with Gasteiger partial charge in [0.05, 0.1) is 5.75 Å². The maximum Gasteiger partial charge on any atom is 0.398 e. The monoisotopic (exact) mass is 204 g/mol. The second kappa shape index (κ2) is 4.26. The number of hydrogen-bond donors (Lipinski definition) is 0. The third kappa shape index (κ3) is 6.56. The van der Waals surface area contributed by atoms with Crippen molar-refractivity contribution in [2.45, 2.75) is 20.0 Å². The highest BCUT2D eigenvalue weighted by Crippen LogP contribution is 2.28. The van der Waals surface area contributed by atoms with Gasteiger partial charge in [-0.2, -0.15) is 13.2 Å². The molecule has 0 spiro atoms. The largest absolute Gasteiger partial charge is 0.398 e. The Balaban J connectivity index is 3.82. The fourth-order valence-electron chi connectivity index (χ4n) is 0.290. The van der Waals surface area contributed by atoms with Crippen LogP contribution in [0.4, 0.5) is 13.2 Å². The van der Waals surface area contributed by atoms with Gasteiger partial charge in [-0.05, 0) is 18.8 Å². The van der Waals surface area contributed by atoms with Crippen LogP contribution >= 0.6 is 23.4 Å². The van der Waals surface area contributed by atoms with E-state index in [1.54, 1.807) is 13.8 Å². The molecule has 0 rings (SSSR count). The van der Waals surface area contributed by atoms with Crippen LogP contribution in [0.2, 0.25) is 0 Å². The number of alkyl halides is 3. The zero-order valence-electron chi connectivity index (χ0n) is 6.13. The van der Waals surface area contributed by atoms with E-state index >= 15 is 0 Å². The summed E-state index contributed by atoms with van der Waals surface area (Å²) >= 11 is 6.16. The Morgan fingerprint density at radius 1 is 1.36 bits per heavy atom. The van der Waals surface area contributed by atoms with Crippen molar-refractivity contribution >= 4 is 23.4 Å². The summed E-state index contributed by atoms with van der Waals surface area (Å²) in [6.07, 6.45) is -4.11. The summed E-state index contributed by atoms with van der Waals surface area (Å²) in [5, 5.41) is 0.416. The molecule has 0 amide bonds. The number of hydrogen-bond acceptors (Lipinski definition) is 1. The SMILES string of the molecule is CC(Cl)=C(C)SCC(F)(F)F. The van der Waals surface area contributed by atoms with Crippen molar-refractivity contribution in [3.05, 3.63) is 9.94 Å². The lowest BCUT2D eigenvalue weighted by Crippen LogP contribution is -2.10. The van der Waals surface area contributed by atoms with Crippen LogP contribution in [0.25, 0.3) is 0 Å². The van der Waals surface area contributed by atoms with Gasteiger partial charge in [0.2, 0.25) is 0 Å². The lowest BCUT2D eigenvalue weighted by Gasteiger charge is -2.05. The first-order valence-electron chi connectivity index (χ1n) is 2.85. The fraction of sp³-hybridized carbons (Fsp3) is 0.667. The summed E-state index contributed by atoms with van der Waals surface area (Å²) in [5.74, 6) is -0.872. The highest BCUT2D eigenvalue weighted by atomic mass is 35.5. The summed E-state index contributed by atoms with van der Waals surface area (Å²) < 4.78 is 34.8. The topological polar surface area (TPSA) is 0 Å². The van der Waals surface area contributed by atoms with Gasteiger partial charge in [-0.15, -0.1) is 11.8 Å². The molecule has 0 unspecified atom stereocenters. The molecular weight excluding hydrogens is 197 g/mol. The van der Waals surface area contributed by atoms with Crippen molar-refractivity contribution in [2.75, 3.05) is 5.75 Å². The van der Waals surface area contributed by atoms with Crippen molar-refractivity contribution in [1.29, 1.82) is 0 Å². The molecule has 0 saturated heterocycles. The third-order valence-corrected chi connectivity index (χ3v) is 2.54. The molecule has 0 radical (unpaired) electrons. The van der Waals surface area contributed by atoms with Gasteiger partial charge in [-0.1, -0.05) is 11.6 Å². The third-order valence-electron chi connectivity index (χ3n) is 0.937. The predicted molar refractivity (Wildman–Crippen MR) is 42.7 cm³/mol. The normalized spacial score (nSPS) is 14.7. The van der Waals surface area contributed by atoms with Crippen LogP contribution in [-0.4, -0.2) is 11.9 Å². The maximum atomic E-state index is 11.6. The summed E-state index contributed by atoms with van der Waals surface area (Å²) in [4.78, 5) is 0.518. The zero-order valence-corrected chi connectivity index (χ0v) is 7.70. The van der Waals surface area contributed by atoms with E-state index in [2.05, 4.69) is 0 Å². The van der Waals surface area contributed by atoms with Crippen LogP contribution in [-0.2, 0) is 0 Å². The zero-order chi connectivity index (χ0) is 9.07. The van der Waals surface area contributed by atoms with Gasteiger partial charge in [0.15, 0.2) is 0 Å². The molecule has 0 aliphatic carbocycles. The molecule has 0 aliphatic heterocycles. The second-order valence-electron chi connectivity index (χ2n) is 1.99. The summed E-state index contributed by atoms with van der Waals surface area (Å²) in [5.41, 5.74) is 0. The van der Waals surface area contributed by atoms with Crippen LogP contribution < -0.4 is 0 Å². The molecule has 0 saturated carbocycles. The van der Waals surface area contributed by atoms with Gasteiger partial charge < -0.3 is 0 Å². The molecule has 0 bridgehead atoms. The number of halogens is 4. The fourth-order valence-corrected chi connectivity index (χ4v) is 1.03. The van der Waals surface area contributed by atoms with E-state index in [1.807, 2.05) is 0 Å². The van der Waals surface area contributed by atoms with Crippen molar-refractivity contribution in [3.63, 3.8) is 0 Å². The molecular formula is C6H8ClF3S. The van der Waals surface area contributed by atoms with Gasteiger partial charge in [0.25, 0.3) is 0 Å². The van der Waals surface area contributed by atoms with Crippen LogP contribution in [0.1, 0.15) is 13.8 Å². The second-order valence-corrected chi connectivity index (χ2v) is 3.75. The summed E-state index contributed by atoms with van der Waals surface area (Å²) in [7, 11) is 0. The predicted octanol–water partition coefficient (Wildman–Crippen LogP) is 3.77. The Kier molecular flexibility index (Phi) is 4.32. The minimum absolute atomic E-state index is 0.416. The van der Waals surface area contributed by atoms with Crippen LogP contribution in [0.5, 0.6) is 0 Å². The van der Waals surface area contributed by atoms with Crippen molar-refractivity contribution in [1.82, 2.24) is 0 Å². The molecule has 0 heterocycles. The van der Waals surface area contributed by atoms with Crippen LogP contribution in [0.15, 0.2) is 9.94 Å². The molecule has 0 aliphatic rings. The number of allylic oxidation sites excluding steroid dienone is 2. The maximum absolute atomic E-state index is 11.6. The smallest absolute Gasteiger partial charge is 0.170 e. The molecule has 0 aromatic carbocycles. The average Bonchev–Trinajstić information content (AvgIpc) is 1.80. The van der Waals surface area contributed by atoms with E-state index in [-0.39, 0.29) is 0 Å². The molecule has 0 fully saturated rings. The lowest BCUT2D eigenvalue weighted by atomic mass is 10.6. The highest BCUT2D eigenvalue weighted by Gasteiger charge is 2.27. The van der Waals surface area contributed by atoms with Crippen molar-refractivity contribution in [2.24, 2.45) is 0 Å². The first kappa shape index (κ1) is 11.2. The van der Waals surface area contributed by atoms with Gasteiger partial charge in [-0.3, -0.25) is 0 Å². The molecule has 5 heteroatoms. The Bertz CT molecular complexity index is 158. The standard InChI is InChI=1S/C6H8ClF3S/c1-4(7)5(2)11-3-6(8,9)10/h3H2,1-2H3. The van der Waals surface area contributed by atoms with E-state index in [0.717, 1.165) is 0 Å². The van der Waals surface area contributed by atoms with E-state index in [9.17, 15) is 13.2 Å². The molecule has 11 heavy (non-hydrogen) atoms. The van der Waals surface area contributed by atoms with Gasteiger partial charge >= 0.3 is 6.18 Å². The number of thioether (sulfide) groups is 1. The summed E-state index contributed by atoms with van der Waals surface area (Å²) in [6, 6.07) is 0. The van der Waals surface area contributed by atoms with Gasteiger partial charge in [-0.25, -0.2) is 0 Å². The van der Waals surface area contributed by atoms with Gasteiger partial charge in [0.1, 0.15) is 0 Å². The highest BCUT2D eigenvalue weighted by molar-refractivity contribution is 8.03. The Morgan fingerprint density at radius 3 is 2.09 bits per heavy atom. The van der Waals surface area contributed by atoms with E-state index < -0.39 is 11.9 Å². The van der Waals surface area contributed by atoms with E-state index in [1.165, 1.54) is 0 Å². The lowest BCUT2D eigenvalue weighted by molar-refractivity contribution is -0.105. The first-order valence-corrected chi connectivity index (χ1v) is 4.22. The molecule has 0 aromatic rings. The Hall–Kier alpha value is 0.170. The minimum atomic E-state index is -4.11. The van der Waals surface area contributed by atoms with Crippen LogP contribution in [0.3, 0.4) is 0 Å². The first-order chi connectivity index (χ1) is 4.83. The Morgan fingerprint density at radius 2 is 1.82 bits per heavy atom. The molecule has 0 aromatic heterocycles. The van der Waals surface area contributed by atoms with E-state index in [0.29, 0.717) is 21.7 Å². The van der Waals surface area contributed by atoms with Crippen LogP contribution in [0, 0.1) is 0 Å². The van der Waals surface area contributed by atoms with Crippen molar-refractivity contribution in [3.8, 4) is 0 Å². The average molecular weight is 205 g/mol. The quantitative estimate of drug-likeness (QED) is 0.660. The Labute approximate surface area is 72.8 Å².